The van der Waals surface area contributed by atoms with E-state index < -0.39 is 0 Å². The minimum Gasteiger partial charge on any atom is -0.369 e. The summed E-state index contributed by atoms with van der Waals surface area (Å²) in [5, 5.41) is 3.86. The number of hydrazone groups is 1. The van der Waals surface area contributed by atoms with E-state index in [2.05, 4.69) is 10.5 Å². The molecule has 0 spiro atoms. The highest BCUT2D eigenvalue weighted by Crippen LogP contribution is 1.91. The summed E-state index contributed by atoms with van der Waals surface area (Å²) in [6, 6.07) is 0. The van der Waals surface area contributed by atoms with Crippen LogP contribution in [0.2, 0.25) is 0 Å². The van der Waals surface area contributed by atoms with Gasteiger partial charge in [0.15, 0.2) is 0 Å². The smallest absolute Gasteiger partial charge is 0.223 e. The van der Waals surface area contributed by atoms with E-state index in [0.717, 1.165) is 0 Å². The first-order valence-corrected chi connectivity index (χ1v) is 3.22. The Balaban J connectivity index is 2.58. The van der Waals surface area contributed by atoms with Crippen LogP contribution in [0.3, 0.4) is 0 Å². The number of primary amides is 1. The Bertz CT molecular complexity index is 240. The Morgan fingerprint density at radius 2 is 2.45 bits per heavy atom. The van der Waals surface area contributed by atoms with Gasteiger partial charge < -0.3 is 5.73 Å². The van der Waals surface area contributed by atoms with Gasteiger partial charge in [-0.1, -0.05) is 6.08 Å². The second-order valence-corrected chi connectivity index (χ2v) is 2.09. The first-order chi connectivity index (χ1) is 5.29. The monoisotopic (exact) mass is 151 g/mol. The van der Waals surface area contributed by atoms with Crippen LogP contribution in [0.4, 0.5) is 0 Å². The SMILES string of the molecule is NC(=O)CC1=NNC=CC=C1. The zero-order valence-electron chi connectivity index (χ0n) is 5.95. The Hall–Kier alpha value is -1.58. The molecular weight excluding hydrogens is 142 g/mol. The van der Waals surface area contributed by atoms with Crippen LogP contribution >= 0.6 is 0 Å². The molecule has 0 aliphatic carbocycles. The Morgan fingerprint density at radius 1 is 1.64 bits per heavy atom. The van der Waals surface area contributed by atoms with Gasteiger partial charge in [0.1, 0.15) is 0 Å². The lowest BCUT2D eigenvalue weighted by atomic mass is 10.2. The topological polar surface area (TPSA) is 67.5 Å². The van der Waals surface area contributed by atoms with Gasteiger partial charge in [-0.15, -0.1) is 0 Å². The van der Waals surface area contributed by atoms with E-state index in [0.29, 0.717) is 5.71 Å². The number of nitrogens with one attached hydrogen (secondary N) is 1. The van der Waals surface area contributed by atoms with E-state index in [9.17, 15) is 4.79 Å². The fraction of sp³-hybridized carbons (Fsp3) is 0.143. The Morgan fingerprint density at radius 3 is 3.18 bits per heavy atom. The van der Waals surface area contributed by atoms with Crippen LogP contribution in [-0.4, -0.2) is 11.6 Å². The van der Waals surface area contributed by atoms with Crippen LogP contribution in [0.1, 0.15) is 6.42 Å². The highest BCUT2D eigenvalue weighted by molar-refractivity contribution is 6.06. The summed E-state index contributed by atoms with van der Waals surface area (Å²) in [6.07, 6.45) is 7.16. The molecule has 1 heterocycles. The van der Waals surface area contributed by atoms with Crippen molar-refractivity contribution in [1.29, 1.82) is 0 Å². The van der Waals surface area contributed by atoms with Gasteiger partial charge in [-0.25, -0.2) is 0 Å². The van der Waals surface area contributed by atoms with E-state index >= 15 is 0 Å². The first kappa shape index (κ1) is 7.53. The van der Waals surface area contributed by atoms with Crippen LogP contribution in [0.5, 0.6) is 0 Å². The lowest BCUT2D eigenvalue weighted by Gasteiger charge is -1.94. The summed E-state index contributed by atoms with van der Waals surface area (Å²) >= 11 is 0. The van der Waals surface area contributed by atoms with Gasteiger partial charge >= 0.3 is 0 Å². The molecule has 0 fully saturated rings. The number of hydrogen-bond acceptors (Lipinski definition) is 3. The molecule has 0 aromatic rings. The molecule has 0 radical (unpaired) electrons. The number of amides is 1. The van der Waals surface area contributed by atoms with Crippen molar-refractivity contribution < 1.29 is 4.79 Å². The molecule has 3 N–H and O–H groups in total. The zero-order valence-corrected chi connectivity index (χ0v) is 5.95. The maximum absolute atomic E-state index is 10.4. The molecule has 1 rings (SSSR count). The van der Waals surface area contributed by atoms with Gasteiger partial charge in [0.2, 0.25) is 5.91 Å². The minimum absolute atomic E-state index is 0.172. The van der Waals surface area contributed by atoms with E-state index in [1.54, 1.807) is 24.4 Å². The largest absolute Gasteiger partial charge is 0.369 e. The number of rotatable bonds is 2. The van der Waals surface area contributed by atoms with Crippen molar-refractivity contribution in [3.05, 3.63) is 24.4 Å². The normalized spacial score (nSPS) is 15.1. The van der Waals surface area contributed by atoms with Crippen LogP contribution in [0, 0.1) is 0 Å². The average Bonchev–Trinajstić information content (AvgIpc) is 2.14. The second kappa shape index (κ2) is 3.55. The maximum atomic E-state index is 10.4. The third-order valence-corrected chi connectivity index (χ3v) is 1.13. The minimum atomic E-state index is -0.378. The van der Waals surface area contributed by atoms with Gasteiger partial charge in [0.05, 0.1) is 12.1 Å². The molecule has 0 aromatic carbocycles. The van der Waals surface area contributed by atoms with Crippen LogP contribution < -0.4 is 11.2 Å². The van der Waals surface area contributed by atoms with E-state index in [1.165, 1.54) is 0 Å². The summed E-state index contributed by atoms with van der Waals surface area (Å²) in [6.45, 7) is 0. The lowest BCUT2D eigenvalue weighted by molar-refractivity contribution is -0.116. The standard InChI is InChI=1S/C7H9N3O/c8-7(11)5-6-3-1-2-4-9-10-6/h1-4,9H,5H2,(H2,8,11). The van der Waals surface area contributed by atoms with Crippen molar-refractivity contribution in [2.45, 2.75) is 6.42 Å². The van der Waals surface area contributed by atoms with Crippen LogP contribution in [0.25, 0.3) is 0 Å². The molecule has 58 valence electrons. The molecule has 0 atom stereocenters. The number of carbonyl (C=O) groups excluding carboxylic acids is 1. The maximum Gasteiger partial charge on any atom is 0.223 e. The summed E-state index contributed by atoms with van der Waals surface area (Å²) in [4.78, 5) is 10.4. The van der Waals surface area contributed by atoms with Crippen LogP contribution in [-0.2, 0) is 4.79 Å². The molecule has 0 aromatic heterocycles. The zero-order chi connectivity index (χ0) is 8.10. The van der Waals surface area contributed by atoms with Crippen LogP contribution in [0.15, 0.2) is 29.5 Å². The van der Waals surface area contributed by atoms with E-state index in [1.807, 2.05) is 0 Å². The Labute approximate surface area is 64.5 Å². The summed E-state index contributed by atoms with van der Waals surface area (Å²) in [5.74, 6) is -0.378. The molecule has 1 aliphatic heterocycles. The highest BCUT2D eigenvalue weighted by atomic mass is 16.1. The van der Waals surface area contributed by atoms with E-state index in [-0.39, 0.29) is 12.3 Å². The number of nitrogens with two attached hydrogens (primary N) is 1. The van der Waals surface area contributed by atoms with Crippen molar-refractivity contribution in [1.82, 2.24) is 5.43 Å². The second-order valence-electron chi connectivity index (χ2n) is 2.09. The van der Waals surface area contributed by atoms with Crippen molar-refractivity contribution in [3.63, 3.8) is 0 Å². The predicted molar refractivity (Wildman–Crippen MR) is 42.7 cm³/mol. The molecule has 4 heteroatoms. The molecule has 0 bridgehead atoms. The summed E-state index contributed by atoms with van der Waals surface area (Å²) in [5.41, 5.74) is 8.25. The van der Waals surface area contributed by atoms with Gasteiger partial charge in [0.25, 0.3) is 0 Å². The van der Waals surface area contributed by atoms with Crippen molar-refractivity contribution in [3.8, 4) is 0 Å². The molecule has 1 amide bonds. The molecule has 11 heavy (non-hydrogen) atoms. The number of carbonyl (C=O) groups is 1. The summed E-state index contributed by atoms with van der Waals surface area (Å²) < 4.78 is 0. The molecular formula is C7H9N3O. The molecule has 0 saturated carbocycles. The number of nitrogens with zero attached hydrogens (tertiary/aromatic N) is 1. The number of hydrogen-bond donors (Lipinski definition) is 2. The highest BCUT2D eigenvalue weighted by Gasteiger charge is 1.99. The van der Waals surface area contributed by atoms with Crippen molar-refractivity contribution >= 4 is 11.6 Å². The van der Waals surface area contributed by atoms with Crippen molar-refractivity contribution in [2.24, 2.45) is 10.8 Å². The first-order valence-electron chi connectivity index (χ1n) is 3.22. The van der Waals surface area contributed by atoms with Gasteiger partial charge in [0, 0.05) is 6.20 Å². The fourth-order valence-corrected chi connectivity index (χ4v) is 0.700. The van der Waals surface area contributed by atoms with Gasteiger partial charge in [-0.05, 0) is 12.2 Å². The average molecular weight is 151 g/mol. The van der Waals surface area contributed by atoms with Crippen molar-refractivity contribution in [2.75, 3.05) is 0 Å². The molecule has 4 nitrogen and oxygen atoms in total. The summed E-state index contributed by atoms with van der Waals surface area (Å²) in [7, 11) is 0. The molecule has 0 unspecified atom stereocenters. The fourth-order valence-electron chi connectivity index (χ4n) is 0.700. The third-order valence-electron chi connectivity index (χ3n) is 1.13. The molecule has 1 aliphatic rings. The molecule has 0 saturated heterocycles. The quantitative estimate of drug-likeness (QED) is 0.578. The Kier molecular flexibility index (Phi) is 2.43. The third kappa shape index (κ3) is 2.66. The lowest BCUT2D eigenvalue weighted by Crippen LogP contribution is -2.16. The van der Waals surface area contributed by atoms with E-state index in [4.69, 9.17) is 5.73 Å². The van der Waals surface area contributed by atoms with Gasteiger partial charge in [-0.3, -0.25) is 10.2 Å². The number of allylic oxidation sites excluding steroid dienone is 3. The predicted octanol–water partition coefficient (Wildman–Crippen LogP) is -0.109. The van der Waals surface area contributed by atoms with Gasteiger partial charge in [-0.2, -0.15) is 5.10 Å².